The molecular weight excluding hydrogens is 630 g/mol. The lowest BCUT2D eigenvalue weighted by Gasteiger charge is -2.31. The Morgan fingerprint density at radius 3 is 2.33 bits per heavy atom. The fourth-order valence-electron chi connectivity index (χ4n) is 6.42. The molecule has 1 unspecified atom stereocenters. The zero-order valence-corrected chi connectivity index (χ0v) is 27.3. The summed E-state index contributed by atoms with van der Waals surface area (Å²) in [5, 5.41) is 12.7. The number of imidazole rings is 1. The molecule has 1 saturated heterocycles. The lowest BCUT2D eigenvalue weighted by Crippen LogP contribution is -2.41. The van der Waals surface area contributed by atoms with E-state index in [9.17, 15) is 37.1 Å². The van der Waals surface area contributed by atoms with Gasteiger partial charge in [0.1, 0.15) is 17.5 Å². The van der Waals surface area contributed by atoms with E-state index in [0.717, 1.165) is 30.3 Å². The van der Waals surface area contributed by atoms with Crippen LogP contribution in [0, 0.1) is 25.6 Å². The summed E-state index contributed by atoms with van der Waals surface area (Å²) in [7, 11) is 0. The summed E-state index contributed by atoms with van der Waals surface area (Å²) in [5.41, 5.74) is 1.37. The van der Waals surface area contributed by atoms with Crippen molar-refractivity contribution in [1.82, 2.24) is 24.2 Å². The third-order valence-electron chi connectivity index (χ3n) is 8.83. The molecule has 5 rings (SSSR count). The SMILES string of the molecule is Cc1cc(F)cc(C)c1-c1cc(C(CC(=O)O)NC(=O)[C@H](CC(C)C)n2cc(CCN3CCC3)c(C(F)(F)F)cc2=O)cc2nccn12. The van der Waals surface area contributed by atoms with E-state index in [0.29, 0.717) is 46.2 Å². The van der Waals surface area contributed by atoms with Crippen LogP contribution >= 0.6 is 0 Å². The molecule has 4 aromatic rings. The number of benzene rings is 1. The Balaban J connectivity index is 1.56. The Labute approximate surface area is 275 Å². The summed E-state index contributed by atoms with van der Waals surface area (Å²) < 4.78 is 59.1. The fraction of sp³-hybridized carbons (Fsp3) is 0.429. The summed E-state index contributed by atoms with van der Waals surface area (Å²) in [6, 6.07) is 4.38. The highest BCUT2D eigenvalue weighted by Gasteiger charge is 2.36. The molecule has 0 aliphatic carbocycles. The van der Waals surface area contributed by atoms with E-state index in [1.54, 1.807) is 42.8 Å². The number of nitrogens with zero attached hydrogens (tertiary/aromatic N) is 4. The molecule has 256 valence electrons. The molecule has 0 spiro atoms. The molecule has 2 N–H and O–H groups in total. The monoisotopic (exact) mass is 669 g/mol. The molecule has 9 nitrogen and oxygen atoms in total. The van der Waals surface area contributed by atoms with E-state index in [2.05, 4.69) is 10.3 Å². The first-order chi connectivity index (χ1) is 22.6. The van der Waals surface area contributed by atoms with E-state index >= 15 is 0 Å². The van der Waals surface area contributed by atoms with Crippen molar-refractivity contribution in [3.05, 3.63) is 92.9 Å². The maximum atomic E-state index is 14.2. The smallest absolute Gasteiger partial charge is 0.416 e. The average molecular weight is 670 g/mol. The third-order valence-corrected chi connectivity index (χ3v) is 8.83. The number of pyridine rings is 2. The van der Waals surface area contributed by atoms with Gasteiger partial charge in [-0.15, -0.1) is 0 Å². The van der Waals surface area contributed by atoms with Crippen LogP contribution < -0.4 is 10.9 Å². The van der Waals surface area contributed by atoms with Crippen LogP contribution in [0.2, 0.25) is 0 Å². The van der Waals surface area contributed by atoms with Crippen molar-refractivity contribution in [2.75, 3.05) is 19.6 Å². The number of alkyl halides is 3. The summed E-state index contributed by atoms with van der Waals surface area (Å²) in [6.07, 6.45) is 0.267. The van der Waals surface area contributed by atoms with Gasteiger partial charge in [-0.2, -0.15) is 13.2 Å². The predicted molar refractivity (Wildman–Crippen MR) is 172 cm³/mol. The predicted octanol–water partition coefficient (Wildman–Crippen LogP) is 6.11. The number of carboxylic acid groups (broad SMARTS) is 1. The number of hydrogen-bond donors (Lipinski definition) is 2. The standard InChI is InChI=1S/C35H39F4N5O4/c1-20(2)12-29(44-19-23(6-10-42-8-5-9-42)26(17-31(44)45)35(37,38)39)34(48)41-27(18-32(46)47)24-15-28(43-11-7-40-30(43)16-24)33-21(3)13-25(36)14-22(33)4/h7,11,13-17,19-20,27,29H,5-6,8-10,12,18H2,1-4H3,(H,41,48)(H,46,47)/t27?,29-/m0/s1. The Bertz CT molecular complexity index is 1870. The highest BCUT2D eigenvalue weighted by Crippen LogP contribution is 2.34. The van der Waals surface area contributed by atoms with E-state index in [1.165, 1.54) is 12.1 Å². The second-order valence-corrected chi connectivity index (χ2v) is 12.9. The third kappa shape index (κ3) is 7.61. The number of nitrogens with one attached hydrogen (secondary N) is 1. The van der Waals surface area contributed by atoms with Gasteiger partial charge in [0, 0.05) is 36.8 Å². The van der Waals surface area contributed by atoms with Crippen molar-refractivity contribution in [2.45, 2.75) is 71.6 Å². The van der Waals surface area contributed by atoms with E-state index in [1.807, 2.05) is 18.7 Å². The molecule has 0 bridgehead atoms. The zero-order chi connectivity index (χ0) is 34.9. The van der Waals surface area contributed by atoms with Gasteiger partial charge in [0.05, 0.1) is 23.7 Å². The number of carbonyl (C=O) groups is 2. The lowest BCUT2D eigenvalue weighted by molar-refractivity contribution is -0.139. The first-order valence-corrected chi connectivity index (χ1v) is 15.9. The minimum Gasteiger partial charge on any atom is -0.481 e. The summed E-state index contributed by atoms with van der Waals surface area (Å²) >= 11 is 0. The molecule has 48 heavy (non-hydrogen) atoms. The highest BCUT2D eigenvalue weighted by atomic mass is 19.4. The van der Waals surface area contributed by atoms with Crippen LogP contribution in [0.4, 0.5) is 17.6 Å². The van der Waals surface area contributed by atoms with Crippen molar-refractivity contribution in [3.63, 3.8) is 0 Å². The molecule has 1 aliphatic heterocycles. The Morgan fingerprint density at radius 2 is 1.75 bits per heavy atom. The molecule has 4 heterocycles. The van der Waals surface area contributed by atoms with Gasteiger partial charge in [-0.25, -0.2) is 9.37 Å². The van der Waals surface area contributed by atoms with Crippen LogP contribution in [0.1, 0.15) is 73.0 Å². The summed E-state index contributed by atoms with van der Waals surface area (Å²) in [5.74, 6) is -2.46. The van der Waals surface area contributed by atoms with Crippen LogP contribution in [0.25, 0.3) is 16.9 Å². The van der Waals surface area contributed by atoms with E-state index < -0.39 is 53.5 Å². The molecule has 13 heteroatoms. The number of likely N-dealkylation sites (tertiary alicyclic amines) is 1. The lowest BCUT2D eigenvalue weighted by atomic mass is 9.95. The number of amides is 1. The average Bonchev–Trinajstić information content (AvgIpc) is 3.43. The Morgan fingerprint density at radius 1 is 1.06 bits per heavy atom. The number of aryl methyl sites for hydroxylation is 2. The minimum atomic E-state index is -4.75. The van der Waals surface area contributed by atoms with Gasteiger partial charge in [0.25, 0.3) is 5.56 Å². The van der Waals surface area contributed by atoms with Gasteiger partial charge in [-0.05, 0) is 98.6 Å². The largest absolute Gasteiger partial charge is 0.481 e. The number of hydrogen-bond acceptors (Lipinski definition) is 5. The zero-order valence-electron chi connectivity index (χ0n) is 27.3. The van der Waals surface area contributed by atoms with E-state index in [4.69, 9.17) is 0 Å². The van der Waals surface area contributed by atoms with Crippen molar-refractivity contribution in [3.8, 4) is 11.3 Å². The first kappa shape index (κ1) is 34.8. The number of aliphatic carboxylic acids is 1. The van der Waals surface area contributed by atoms with Crippen LogP contribution in [-0.2, 0) is 22.2 Å². The Kier molecular flexibility index (Phi) is 10.1. The molecule has 1 aliphatic rings. The van der Waals surface area contributed by atoms with Gasteiger partial charge < -0.3 is 19.9 Å². The van der Waals surface area contributed by atoms with Gasteiger partial charge in [0.15, 0.2) is 0 Å². The summed E-state index contributed by atoms with van der Waals surface area (Å²) in [4.78, 5) is 45.8. The Hall–Kier alpha value is -4.52. The van der Waals surface area contributed by atoms with Gasteiger partial charge in [0.2, 0.25) is 5.91 Å². The molecule has 1 amide bonds. The number of carboxylic acids is 1. The van der Waals surface area contributed by atoms with Gasteiger partial charge in [-0.1, -0.05) is 13.8 Å². The molecule has 0 radical (unpaired) electrons. The molecular formula is C35H39F4N5O4. The van der Waals surface area contributed by atoms with Crippen LogP contribution in [0.5, 0.6) is 0 Å². The number of carbonyl (C=O) groups excluding carboxylic acids is 1. The van der Waals surface area contributed by atoms with Crippen LogP contribution in [-0.4, -0.2) is 55.5 Å². The maximum absolute atomic E-state index is 14.2. The molecule has 0 saturated carbocycles. The van der Waals surface area contributed by atoms with Crippen LogP contribution in [0.15, 0.2) is 53.7 Å². The number of rotatable bonds is 12. The second-order valence-electron chi connectivity index (χ2n) is 12.9. The molecule has 3 aromatic heterocycles. The highest BCUT2D eigenvalue weighted by molar-refractivity contribution is 5.82. The van der Waals surface area contributed by atoms with Crippen molar-refractivity contribution < 1.29 is 32.3 Å². The van der Waals surface area contributed by atoms with Gasteiger partial charge in [-0.3, -0.25) is 18.8 Å². The number of aromatic nitrogens is 3. The summed E-state index contributed by atoms with van der Waals surface area (Å²) in [6.45, 7) is 9.12. The molecule has 2 atom stereocenters. The topological polar surface area (TPSA) is 109 Å². The minimum absolute atomic E-state index is 0.0438. The van der Waals surface area contributed by atoms with Crippen molar-refractivity contribution in [1.29, 1.82) is 0 Å². The molecule has 1 aromatic carbocycles. The maximum Gasteiger partial charge on any atom is 0.416 e. The van der Waals surface area contributed by atoms with Crippen molar-refractivity contribution >= 4 is 17.5 Å². The fourth-order valence-corrected chi connectivity index (χ4v) is 6.42. The van der Waals surface area contributed by atoms with Gasteiger partial charge >= 0.3 is 12.1 Å². The first-order valence-electron chi connectivity index (χ1n) is 15.9. The second kappa shape index (κ2) is 13.9. The number of halogens is 4. The van der Waals surface area contributed by atoms with Crippen LogP contribution in [0.3, 0.4) is 0 Å². The number of fused-ring (bicyclic) bond motifs is 1. The van der Waals surface area contributed by atoms with E-state index in [-0.39, 0.29) is 24.3 Å². The normalized spacial score (nSPS) is 15.0. The quantitative estimate of drug-likeness (QED) is 0.177. The molecule has 1 fully saturated rings. The van der Waals surface area contributed by atoms with Crippen molar-refractivity contribution in [2.24, 2.45) is 5.92 Å².